The van der Waals surface area contributed by atoms with E-state index in [9.17, 15) is 4.79 Å². The van der Waals surface area contributed by atoms with Crippen LogP contribution in [0, 0.1) is 13.8 Å². The maximum absolute atomic E-state index is 12.6. The van der Waals surface area contributed by atoms with Crippen LogP contribution in [0.4, 0.5) is 0 Å². The molecule has 0 fully saturated rings. The molecule has 1 N–H and O–H groups in total. The van der Waals surface area contributed by atoms with Crippen molar-refractivity contribution in [3.8, 4) is 0 Å². The largest absolute Gasteiger partial charge is 0.346 e. The summed E-state index contributed by atoms with van der Waals surface area (Å²) in [6.07, 6.45) is 0. The van der Waals surface area contributed by atoms with Crippen LogP contribution in [-0.2, 0) is 13.1 Å². The molecule has 2 aromatic heterocycles. The van der Waals surface area contributed by atoms with E-state index in [1.165, 1.54) is 5.56 Å². The molecule has 0 aliphatic carbocycles. The zero-order valence-corrected chi connectivity index (χ0v) is 17.5. The van der Waals surface area contributed by atoms with Crippen molar-refractivity contribution in [2.75, 3.05) is 0 Å². The molecule has 0 saturated heterocycles. The standard InChI is InChI=1S/C20H23ClN4OS/c1-12(2)20-23-16(11-27-20)9-22-19(26)17-14(4)24-25(18(17)21)10-15-7-5-13(3)6-8-15/h5-8,11-12H,9-10H2,1-4H3,(H,22,26). The van der Waals surface area contributed by atoms with Crippen LogP contribution in [0.15, 0.2) is 29.6 Å². The smallest absolute Gasteiger partial charge is 0.256 e. The molecule has 3 rings (SSSR count). The topological polar surface area (TPSA) is 59.8 Å². The molecule has 0 unspecified atom stereocenters. The number of amides is 1. The van der Waals surface area contributed by atoms with E-state index in [4.69, 9.17) is 11.6 Å². The molecular formula is C20H23ClN4OS. The number of halogens is 1. The molecule has 1 amide bonds. The lowest BCUT2D eigenvalue weighted by Crippen LogP contribution is -2.23. The van der Waals surface area contributed by atoms with Crippen molar-refractivity contribution < 1.29 is 4.79 Å². The van der Waals surface area contributed by atoms with E-state index in [1.54, 1.807) is 22.9 Å². The number of hydrogen-bond donors (Lipinski definition) is 1. The van der Waals surface area contributed by atoms with Crippen molar-refractivity contribution in [2.45, 2.75) is 46.7 Å². The van der Waals surface area contributed by atoms with Crippen molar-refractivity contribution in [2.24, 2.45) is 0 Å². The Morgan fingerprint density at radius 3 is 2.59 bits per heavy atom. The zero-order chi connectivity index (χ0) is 19.6. The second-order valence-corrected chi connectivity index (χ2v) is 8.16. The van der Waals surface area contributed by atoms with Gasteiger partial charge in [-0.1, -0.05) is 55.3 Å². The number of aromatic nitrogens is 3. The molecule has 0 bridgehead atoms. The quantitative estimate of drug-likeness (QED) is 0.649. The summed E-state index contributed by atoms with van der Waals surface area (Å²) in [4.78, 5) is 17.2. The number of aryl methyl sites for hydroxylation is 2. The van der Waals surface area contributed by atoms with Gasteiger partial charge in [0.1, 0.15) is 5.15 Å². The Kier molecular flexibility index (Phi) is 5.97. The summed E-state index contributed by atoms with van der Waals surface area (Å²) >= 11 is 8.07. The van der Waals surface area contributed by atoms with Crippen molar-refractivity contribution in [1.82, 2.24) is 20.1 Å². The van der Waals surface area contributed by atoms with Gasteiger partial charge in [0.2, 0.25) is 0 Å². The molecule has 142 valence electrons. The molecular weight excluding hydrogens is 380 g/mol. The average Bonchev–Trinajstić information content (AvgIpc) is 3.20. The predicted molar refractivity (Wildman–Crippen MR) is 110 cm³/mol. The third-order valence-corrected chi connectivity index (χ3v) is 5.82. The highest BCUT2D eigenvalue weighted by Crippen LogP contribution is 2.22. The van der Waals surface area contributed by atoms with Gasteiger partial charge in [0, 0.05) is 11.3 Å². The van der Waals surface area contributed by atoms with Gasteiger partial charge in [-0.2, -0.15) is 5.10 Å². The van der Waals surface area contributed by atoms with Crippen LogP contribution in [0.5, 0.6) is 0 Å². The molecule has 27 heavy (non-hydrogen) atoms. The van der Waals surface area contributed by atoms with E-state index in [-0.39, 0.29) is 5.91 Å². The van der Waals surface area contributed by atoms with Crippen LogP contribution in [-0.4, -0.2) is 20.7 Å². The molecule has 0 spiro atoms. The van der Waals surface area contributed by atoms with Crippen molar-refractivity contribution in [3.63, 3.8) is 0 Å². The maximum Gasteiger partial charge on any atom is 0.256 e. The van der Waals surface area contributed by atoms with E-state index in [0.29, 0.717) is 35.4 Å². The molecule has 0 radical (unpaired) electrons. The Bertz CT molecular complexity index is 944. The Labute approximate surface area is 168 Å². The Balaban J connectivity index is 1.70. The molecule has 7 heteroatoms. The van der Waals surface area contributed by atoms with Crippen LogP contribution in [0.1, 0.15) is 57.6 Å². The van der Waals surface area contributed by atoms with Gasteiger partial charge < -0.3 is 5.32 Å². The van der Waals surface area contributed by atoms with Gasteiger partial charge in [0.25, 0.3) is 5.91 Å². The van der Waals surface area contributed by atoms with Gasteiger partial charge in [-0.05, 0) is 19.4 Å². The summed E-state index contributed by atoms with van der Waals surface area (Å²) in [6.45, 7) is 8.95. The lowest BCUT2D eigenvalue weighted by Gasteiger charge is -2.05. The molecule has 0 saturated carbocycles. The van der Waals surface area contributed by atoms with E-state index < -0.39 is 0 Å². The van der Waals surface area contributed by atoms with Crippen LogP contribution in [0.3, 0.4) is 0 Å². The molecule has 1 aromatic carbocycles. The lowest BCUT2D eigenvalue weighted by atomic mass is 10.1. The molecule has 3 aromatic rings. The molecule has 0 aliphatic heterocycles. The fourth-order valence-corrected chi connectivity index (χ4v) is 3.87. The first-order valence-electron chi connectivity index (χ1n) is 8.86. The van der Waals surface area contributed by atoms with Crippen LogP contribution in [0.2, 0.25) is 5.15 Å². The first-order valence-corrected chi connectivity index (χ1v) is 10.1. The zero-order valence-electron chi connectivity index (χ0n) is 15.9. The predicted octanol–water partition coefficient (Wildman–Crippen LogP) is 4.71. The molecule has 0 atom stereocenters. The van der Waals surface area contributed by atoms with E-state index in [1.807, 2.05) is 36.6 Å². The number of rotatable bonds is 6. The number of nitrogens with one attached hydrogen (secondary N) is 1. The normalized spacial score (nSPS) is 11.2. The van der Waals surface area contributed by atoms with Crippen LogP contribution >= 0.6 is 22.9 Å². The van der Waals surface area contributed by atoms with E-state index in [0.717, 1.165) is 16.3 Å². The molecule has 5 nitrogen and oxygen atoms in total. The number of nitrogens with zero attached hydrogens (tertiary/aromatic N) is 3. The highest BCUT2D eigenvalue weighted by molar-refractivity contribution is 7.09. The fourth-order valence-electron chi connectivity index (χ4n) is 2.71. The van der Waals surface area contributed by atoms with Crippen molar-refractivity contribution in [1.29, 1.82) is 0 Å². The van der Waals surface area contributed by atoms with Gasteiger partial charge in [-0.15, -0.1) is 11.3 Å². The monoisotopic (exact) mass is 402 g/mol. The summed E-state index contributed by atoms with van der Waals surface area (Å²) < 4.78 is 1.66. The molecule has 0 aliphatic rings. The third kappa shape index (κ3) is 4.57. The number of carbonyl (C=O) groups excluding carboxylic acids is 1. The Hall–Kier alpha value is -2.18. The highest BCUT2D eigenvalue weighted by Gasteiger charge is 2.20. The summed E-state index contributed by atoms with van der Waals surface area (Å²) in [5.41, 5.74) is 4.18. The summed E-state index contributed by atoms with van der Waals surface area (Å²) in [5, 5.41) is 10.7. The minimum Gasteiger partial charge on any atom is -0.346 e. The molecule has 2 heterocycles. The van der Waals surface area contributed by atoms with Gasteiger partial charge in [0.05, 0.1) is 35.0 Å². The first kappa shape index (κ1) is 19.6. The summed E-state index contributed by atoms with van der Waals surface area (Å²) in [6, 6.07) is 8.17. The van der Waals surface area contributed by atoms with E-state index in [2.05, 4.69) is 29.2 Å². The number of benzene rings is 1. The van der Waals surface area contributed by atoms with Gasteiger partial charge in [-0.25, -0.2) is 9.67 Å². The van der Waals surface area contributed by atoms with Gasteiger partial charge in [-0.3, -0.25) is 4.79 Å². The fraction of sp³-hybridized carbons (Fsp3) is 0.350. The number of carbonyl (C=O) groups is 1. The van der Waals surface area contributed by atoms with Crippen molar-refractivity contribution >= 4 is 28.8 Å². The average molecular weight is 403 g/mol. The second kappa shape index (κ2) is 8.23. The first-order chi connectivity index (χ1) is 12.8. The maximum atomic E-state index is 12.6. The second-order valence-electron chi connectivity index (χ2n) is 6.91. The Morgan fingerprint density at radius 1 is 1.26 bits per heavy atom. The third-order valence-electron chi connectivity index (χ3n) is 4.24. The Morgan fingerprint density at radius 2 is 1.96 bits per heavy atom. The summed E-state index contributed by atoms with van der Waals surface area (Å²) in [7, 11) is 0. The van der Waals surface area contributed by atoms with Crippen LogP contribution < -0.4 is 5.32 Å². The van der Waals surface area contributed by atoms with Gasteiger partial charge in [0.15, 0.2) is 0 Å². The summed E-state index contributed by atoms with van der Waals surface area (Å²) in [5.74, 6) is 0.155. The number of hydrogen-bond acceptors (Lipinski definition) is 4. The van der Waals surface area contributed by atoms with Crippen molar-refractivity contribution in [3.05, 3.63) is 67.9 Å². The van der Waals surface area contributed by atoms with Gasteiger partial charge >= 0.3 is 0 Å². The number of thiazole rings is 1. The lowest BCUT2D eigenvalue weighted by molar-refractivity contribution is 0.0950. The highest BCUT2D eigenvalue weighted by atomic mass is 35.5. The minimum absolute atomic E-state index is 0.230. The SMILES string of the molecule is Cc1ccc(Cn2nc(C)c(C(=O)NCc3csc(C(C)C)n3)c2Cl)cc1. The van der Waals surface area contributed by atoms with E-state index >= 15 is 0 Å². The minimum atomic E-state index is -0.230. The van der Waals surface area contributed by atoms with Crippen LogP contribution in [0.25, 0.3) is 0 Å².